The van der Waals surface area contributed by atoms with Crippen LogP contribution in [0.3, 0.4) is 0 Å². The van der Waals surface area contributed by atoms with E-state index in [2.05, 4.69) is 20.9 Å². The van der Waals surface area contributed by atoms with Crippen molar-refractivity contribution in [3.63, 3.8) is 0 Å². The minimum absolute atomic E-state index is 0.109. The zero-order chi connectivity index (χ0) is 29.5. The van der Waals surface area contributed by atoms with E-state index in [1.807, 2.05) is 30.3 Å². The monoisotopic (exact) mass is 585 g/mol. The highest BCUT2D eigenvalue weighted by molar-refractivity contribution is 7.13. The molecule has 0 radical (unpaired) electrons. The molecule has 1 aromatic carbocycles. The van der Waals surface area contributed by atoms with Crippen LogP contribution in [0.1, 0.15) is 43.9 Å². The fraction of sp³-hybridized carbons (Fsp3) is 0.393. The number of carbonyl (C=O) groups excluding carboxylic acids is 4. The molecule has 0 aliphatic rings. The zero-order valence-corrected chi connectivity index (χ0v) is 23.5. The summed E-state index contributed by atoms with van der Waals surface area (Å²) in [6, 6.07) is 10.9. The van der Waals surface area contributed by atoms with Gasteiger partial charge in [0.1, 0.15) is 18.4 Å². The number of thiazole rings is 1. The lowest BCUT2D eigenvalue weighted by Gasteiger charge is -2.30. The summed E-state index contributed by atoms with van der Waals surface area (Å²) < 4.78 is 10.6. The smallest absolute Gasteiger partial charge is 0.407 e. The molecular formula is C28H35N5O7S. The third-order valence-electron chi connectivity index (χ3n) is 6.37. The first-order valence-electron chi connectivity index (χ1n) is 13.3. The molecule has 3 rings (SSSR count). The van der Waals surface area contributed by atoms with Crippen LogP contribution >= 0.6 is 11.3 Å². The molecule has 12 nitrogen and oxygen atoms in total. The molecule has 13 heteroatoms. The van der Waals surface area contributed by atoms with Crippen molar-refractivity contribution in [1.82, 2.24) is 20.7 Å². The molecule has 4 N–H and O–H groups in total. The van der Waals surface area contributed by atoms with E-state index < -0.39 is 35.9 Å². The van der Waals surface area contributed by atoms with Gasteiger partial charge in [0, 0.05) is 24.5 Å². The molecule has 220 valence electrons. The number of amides is 4. The van der Waals surface area contributed by atoms with Gasteiger partial charge in [-0.1, -0.05) is 37.3 Å². The van der Waals surface area contributed by atoms with E-state index in [0.717, 1.165) is 5.56 Å². The molecular weight excluding hydrogens is 550 g/mol. The molecule has 41 heavy (non-hydrogen) atoms. The lowest BCUT2D eigenvalue weighted by molar-refractivity contribution is -0.168. The minimum atomic E-state index is -0.934. The number of aromatic nitrogens is 1. The van der Waals surface area contributed by atoms with Gasteiger partial charge < -0.3 is 25.1 Å². The normalized spacial score (nSPS) is 12.9. The molecule has 3 atom stereocenters. The van der Waals surface area contributed by atoms with Gasteiger partial charge in [-0.2, -0.15) is 0 Å². The van der Waals surface area contributed by atoms with Gasteiger partial charge in [0.05, 0.1) is 18.2 Å². The van der Waals surface area contributed by atoms with Crippen LogP contribution in [-0.2, 0) is 32.1 Å². The van der Waals surface area contributed by atoms with Crippen LogP contribution in [0.2, 0.25) is 0 Å². The molecule has 2 aromatic heterocycles. The van der Waals surface area contributed by atoms with Crippen LogP contribution in [0.25, 0.3) is 0 Å². The van der Waals surface area contributed by atoms with Gasteiger partial charge in [-0.25, -0.2) is 14.8 Å². The predicted molar refractivity (Wildman–Crippen MR) is 151 cm³/mol. The maximum atomic E-state index is 13.5. The molecule has 0 bridgehead atoms. The van der Waals surface area contributed by atoms with Crippen LogP contribution in [0.4, 0.5) is 9.93 Å². The summed E-state index contributed by atoms with van der Waals surface area (Å²) >= 11 is 1.24. The van der Waals surface area contributed by atoms with E-state index in [9.17, 15) is 24.4 Å². The van der Waals surface area contributed by atoms with Crippen molar-refractivity contribution < 1.29 is 33.5 Å². The molecule has 0 aliphatic heterocycles. The van der Waals surface area contributed by atoms with E-state index in [0.29, 0.717) is 35.3 Å². The van der Waals surface area contributed by atoms with E-state index >= 15 is 0 Å². The van der Waals surface area contributed by atoms with Crippen molar-refractivity contribution in [3.8, 4) is 0 Å². The standard InChI is InChI=1S/C28H35N5O7S/c1-2-24(33(38)19-34)22(17-21-11-8-15-39-21)25(35)31-23(26(36)32-27-29-14-16-41-27)12-6-7-13-30-28(37)40-18-20-9-4-3-5-10-20/h3-5,8-11,14-16,19,22-24,38H,2,6-7,12-13,17-18H2,1H3,(H,30,37)(H,31,35)(H,29,32,36)/t22-,23+,24+/m1/s1. The zero-order valence-electron chi connectivity index (χ0n) is 22.7. The number of rotatable bonds is 17. The van der Waals surface area contributed by atoms with Gasteiger partial charge in [0.15, 0.2) is 5.13 Å². The van der Waals surface area contributed by atoms with Crippen molar-refractivity contribution in [3.05, 3.63) is 71.6 Å². The number of hydrogen-bond donors (Lipinski definition) is 4. The number of furan rings is 1. The van der Waals surface area contributed by atoms with E-state index in [4.69, 9.17) is 9.15 Å². The average Bonchev–Trinajstić information content (AvgIpc) is 3.70. The van der Waals surface area contributed by atoms with Crippen LogP contribution in [0.5, 0.6) is 0 Å². The summed E-state index contributed by atoms with van der Waals surface area (Å²) in [5, 5.41) is 20.9. The second-order valence-corrected chi connectivity index (χ2v) is 10.1. The second-order valence-electron chi connectivity index (χ2n) is 9.22. The number of carbonyl (C=O) groups is 4. The number of hydrogen-bond acceptors (Lipinski definition) is 9. The van der Waals surface area contributed by atoms with Crippen molar-refractivity contribution in [2.45, 2.75) is 57.7 Å². The molecule has 0 saturated carbocycles. The summed E-state index contributed by atoms with van der Waals surface area (Å²) in [6.07, 6.45) is 4.42. The van der Waals surface area contributed by atoms with Crippen molar-refractivity contribution in [1.29, 1.82) is 0 Å². The number of ether oxygens (including phenoxy) is 1. The lowest BCUT2D eigenvalue weighted by atomic mass is 9.91. The highest BCUT2D eigenvalue weighted by atomic mass is 32.1. The molecule has 4 amide bonds. The van der Waals surface area contributed by atoms with Crippen LogP contribution in [0.15, 0.2) is 64.7 Å². The minimum Gasteiger partial charge on any atom is -0.469 e. The van der Waals surface area contributed by atoms with Gasteiger partial charge in [-0.05, 0) is 43.4 Å². The number of nitrogens with zero attached hydrogens (tertiary/aromatic N) is 2. The van der Waals surface area contributed by atoms with E-state index in [1.54, 1.807) is 30.6 Å². The van der Waals surface area contributed by atoms with Gasteiger partial charge in [-0.15, -0.1) is 11.3 Å². The SMILES string of the molecule is CC[C@@H]([C@@H](Cc1ccco1)C(=O)N[C@@H](CCCCNC(=O)OCc1ccccc1)C(=O)Nc1nccs1)N(O)C=O. The Kier molecular flexibility index (Phi) is 12.8. The Morgan fingerprint density at radius 3 is 2.61 bits per heavy atom. The number of alkyl carbamates (subject to hydrolysis) is 1. The Labute approximate surface area is 242 Å². The fourth-order valence-corrected chi connectivity index (χ4v) is 4.78. The van der Waals surface area contributed by atoms with Crippen molar-refractivity contribution in [2.24, 2.45) is 5.92 Å². The molecule has 0 fully saturated rings. The number of nitrogens with one attached hydrogen (secondary N) is 3. The highest BCUT2D eigenvalue weighted by Gasteiger charge is 2.34. The molecule has 2 heterocycles. The van der Waals surface area contributed by atoms with Crippen LogP contribution in [-0.4, -0.2) is 58.2 Å². The van der Waals surface area contributed by atoms with Crippen LogP contribution in [0, 0.1) is 5.92 Å². The van der Waals surface area contributed by atoms with Gasteiger partial charge in [0.25, 0.3) is 0 Å². The summed E-state index contributed by atoms with van der Waals surface area (Å²) in [5.74, 6) is -1.37. The first-order valence-corrected chi connectivity index (χ1v) is 14.2. The topological polar surface area (TPSA) is 163 Å². The Bertz CT molecular complexity index is 1210. The maximum absolute atomic E-state index is 13.5. The molecule has 0 unspecified atom stereocenters. The first-order chi connectivity index (χ1) is 19.9. The summed E-state index contributed by atoms with van der Waals surface area (Å²) in [6.45, 7) is 2.22. The van der Waals surface area contributed by atoms with E-state index in [-0.39, 0.29) is 32.3 Å². The summed E-state index contributed by atoms with van der Waals surface area (Å²) in [4.78, 5) is 54.0. The molecule has 0 saturated heterocycles. The number of unbranched alkanes of at least 4 members (excludes halogenated alkanes) is 1. The second kappa shape index (κ2) is 16.8. The largest absolute Gasteiger partial charge is 0.469 e. The Morgan fingerprint density at radius 1 is 1.15 bits per heavy atom. The molecule has 3 aromatic rings. The predicted octanol–water partition coefficient (Wildman–Crippen LogP) is 3.74. The number of hydroxylamine groups is 2. The fourth-order valence-electron chi connectivity index (χ4n) is 4.25. The first kappa shape index (κ1) is 31.3. The lowest BCUT2D eigenvalue weighted by Crippen LogP contribution is -2.51. The van der Waals surface area contributed by atoms with Gasteiger partial charge >= 0.3 is 6.09 Å². The molecule has 0 spiro atoms. The summed E-state index contributed by atoms with van der Waals surface area (Å²) in [5.41, 5.74) is 0.876. The Morgan fingerprint density at radius 2 is 1.95 bits per heavy atom. The summed E-state index contributed by atoms with van der Waals surface area (Å²) in [7, 11) is 0. The van der Waals surface area contributed by atoms with Crippen molar-refractivity contribution >= 4 is 40.8 Å². The molecule has 0 aliphatic carbocycles. The third-order valence-corrected chi connectivity index (χ3v) is 7.05. The third kappa shape index (κ3) is 10.4. The van der Waals surface area contributed by atoms with E-state index in [1.165, 1.54) is 17.6 Å². The highest BCUT2D eigenvalue weighted by Crippen LogP contribution is 2.20. The Balaban J connectivity index is 1.59. The maximum Gasteiger partial charge on any atom is 0.407 e. The average molecular weight is 586 g/mol. The van der Waals surface area contributed by atoms with Gasteiger partial charge in [0.2, 0.25) is 18.2 Å². The van der Waals surface area contributed by atoms with Crippen LogP contribution < -0.4 is 16.0 Å². The Hall–Kier alpha value is -4.23. The number of benzene rings is 1. The number of anilines is 1. The quantitative estimate of drug-likeness (QED) is 0.0806. The van der Waals surface area contributed by atoms with Gasteiger partial charge in [-0.3, -0.25) is 19.6 Å². The van der Waals surface area contributed by atoms with Crippen molar-refractivity contribution in [2.75, 3.05) is 11.9 Å².